The molecule has 1 amide bonds. The fraction of sp³-hybridized carbons (Fsp3) is 0.333. The number of amides is 1. The molecule has 0 saturated heterocycles. The average Bonchev–Trinajstić information content (AvgIpc) is 2.65. The second-order valence-electron chi connectivity index (χ2n) is 6.48. The first-order valence-corrected chi connectivity index (χ1v) is 8.44. The fourth-order valence-electron chi connectivity index (χ4n) is 2.74. The lowest BCUT2D eigenvalue weighted by Gasteiger charge is -2.31. The lowest BCUT2D eigenvalue weighted by Crippen LogP contribution is -2.50. The molecular weight excluding hydrogens is 464 g/mol. The minimum Gasteiger partial charge on any atom is -0.373 e. The number of hydrogen-bond acceptors (Lipinski definition) is 3. The number of hydrogen-bond donors (Lipinski definition) is 2. The highest BCUT2D eigenvalue weighted by atomic mass is 19.4. The quantitative estimate of drug-likeness (QED) is 0.532. The van der Waals surface area contributed by atoms with Crippen LogP contribution in [0.5, 0.6) is 0 Å². The van der Waals surface area contributed by atoms with Crippen LogP contribution in [0.4, 0.5) is 55.4 Å². The van der Waals surface area contributed by atoms with Crippen LogP contribution in [0.1, 0.15) is 27.2 Å². The van der Waals surface area contributed by atoms with E-state index in [4.69, 9.17) is 0 Å². The first-order chi connectivity index (χ1) is 14.4. The minimum absolute atomic E-state index is 0.0523. The molecule has 2 N–H and O–H groups in total. The largest absolute Gasteiger partial charge is 0.435 e. The molecule has 0 saturated carbocycles. The lowest BCUT2D eigenvalue weighted by atomic mass is 9.90. The van der Waals surface area contributed by atoms with Gasteiger partial charge < -0.3 is 10.6 Å². The maximum Gasteiger partial charge on any atom is 0.435 e. The topological polar surface area (TPSA) is 54.0 Å². The molecule has 0 bridgehead atoms. The normalized spacial score (nSPS) is 13.1. The molecule has 1 aromatic carbocycles. The summed E-state index contributed by atoms with van der Waals surface area (Å²) < 4.78 is 133. The maximum absolute atomic E-state index is 14.3. The van der Waals surface area contributed by atoms with Crippen molar-refractivity contribution in [2.45, 2.75) is 31.1 Å². The van der Waals surface area contributed by atoms with Crippen molar-refractivity contribution >= 4 is 17.4 Å². The summed E-state index contributed by atoms with van der Waals surface area (Å²) in [5, 5.41) is 4.33. The van der Waals surface area contributed by atoms with E-state index in [2.05, 4.69) is 10.3 Å². The molecule has 32 heavy (non-hydrogen) atoms. The van der Waals surface area contributed by atoms with Crippen LogP contribution in [0.3, 0.4) is 0 Å². The van der Waals surface area contributed by atoms with Gasteiger partial charge in [0.15, 0.2) is 0 Å². The van der Waals surface area contributed by atoms with Gasteiger partial charge in [-0.3, -0.25) is 4.79 Å². The van der Waals surface area contributed by atoms with E-state index in [0.717, 1.165) is 6.07 Å². The Kier molecular flexibility index (Phi) is 6.40. The molecule has 2 aromatic rings. The number of nitrogens with one attached hydrogen (secondary N) is 2. The Labute approximate surface area is 173 Å². The number of alkyl halides is 10. The maximum atomic E-state index is 14.3. The Morgan fingerprint density at radius 2 is 1.47 bits per heavy atom. The molecule has 0 radical (unpaired) electrons. The predicted octanol–water partition coefficient (Wildman–Crippen LogP) is 5.99. The third kappa shape index (κ3) is 4.58. The summed E-state index contributed by atoms with van der Waals surface area (Å²) in [7, 11) is 1.43. The van der Waals surface area contributed by atoms with Crippen molar-refractivity contribution in [3.05, 3.63) is 52.7 Å². The van der Waals surface area contributed by atoms with Gasteiger partial charge in [0.05, 0.1) is 11.3 Å². The molecule has 0 unspecified atom stereocenters. The number of pyridine rings is 1. The Bertz CT molecular complexity index is 998. The van der Waals surface area contributed by atoms with Crippen molar-refractivity contribution < 1.29 is 48.7 Å². The highest BCUT2D eigenvalue weighted by Gasteiger charge is 2.73. The average molecular weight is 477 g/mol. The van der Waals surface area contributed by atoms with Crippen molar-refractivity contribution in [1.82, 2.24) is 4.98 Å². The van der Waals surface area contributed by atoms with Crippen LogP contribution < -0.4 is 10.6 Å². The van der Waals surface area contributed by atoms with Crippen LogP contribution in [-0.2, 0) is 11.8 Å². The molecule has 0 aliphatic rings. The third-order valence-corrected chi connectivity index (χ3v) is 4.30. The number of carbonyl (C=O) groups excluding carboxylic acids is 1. The minimum atomic E-state index is -6.61. The molecule has 4 nitrogen and oxygen atoms in total. The van der Waals surface area contributed by atoms with Crippen molar-refractivity contribution in [1.29, 1.82) is 0 Å². The molecule has 1 heterocycles. The zero-order valence-corrected chi connectivity index (χ0v) is 16.0. The van der Waals surface area contributed by atoms with Gasteiger partial charge in [-0.1, -0.05) is 12.1 Å². The van der Waals surface area contributed by atoms with Gasteiger partial charge in [-0.15, -0.1) is 0 Å². The zero-order chi connectivity index (χ0) is 24.7. The highest BCUT2D eigenvalue weighted by molar-refractivity contribution is 6.04. The molecule has 0 fully saturated rings. The van der Waals surface area contributed by atoms with E-state index in [1.165, 1.54) is 19.2 Å². The molecule has 0 aliphatic heterocycles. The Balaban J connectivity index is 2.68. The van der Waals surface area contributed by atoms with E-state index in [-0.39, 0.29) is 11.9 Å². The number of rotatable bonds is 4. The highest BCUT2D eigenvalue weighted by Crippen LogP contribution is 2.54. The second-order valence-corrected chi connectivity index (χ2v) is 6.48. The number of nitrogens with zero attached hydrogens (tertiary/aromatic N) is 1. The van der Waals surface area contributed by atoms with E-state index < -0.39 is 64.2 Å². The van der Waals surface area contributed by atoms with Crippen LogP contribution in [-0.4, -0.2) is 30.3 Å². The zero-order valence-electron chi connectivity index (χ0n) is 16.0. The van der Waals surface area contributed by atoms with E-state index in [0.29, 0.717) is 6.92 Å². The number of aryl methyl sites for hydroxylation is 1. The van der Waals surface area contributed by atoms with Gasteiger partial charge in [0, 0.05) is 12.6 Å². The molecule has 0 atom stereocenters. The number of halogens is 10. The van der Waals surface area contributed by atoms with E-state index in [1.807, 2.05) is 0 Å². The molecule has 1 aromatic heterocycles. The number of benzene rings is 1. The first kappa shape index (κ1) is 25.2. The van der Waals surface area contributed by atoms with Gasteiger partial charge in [0.1, 0.15) is 11.5 Å². The van der Waals surface area contributed by atoms with Crippen LogP contribution in [0.2, 0.25) is 0 Å². The summed E-state index contributed by atoms with van der Waals surface area (Å²) >= 11 is 0. The fourth-order valence-corrected chi connectivity index (χ4v) is 2.74. The van der Waals surface area contributed by atoms with E-state index in [9.17, 15) is 48.7 Å². The molecule has 2 rings (SSSR count). The second kappa shape index (κ2) is 8.13. The SMILES string of the molecule is CNc1cccc(C(=O)Nc2c(C)cc(C(F)(C(F)(F)F)C(F)(F)F)cc2C(F)(F)F)n1. The van der Waals surface area contributed by atoms with E-state index in [1.54, 1.807) is 5.32 Å². The molecule has 0 aliphatic carbocycles. The van der Waals surface area contributed by atoms with Crippen molar-refractivity contribution in [3.8, 4) is 0 Å². The number of anilines is 2. The molecule has 0 spiro atoms. The van der Waals surface area contributed by atoms with Gasteiger partial charge >= 0.3 is 24.2 Å². The number of aromatic nitrogens is 1. The Morgan fingerprint density at radius 1 is 0.906 bits per heavy atom. The Hall–Kier alpha value is -3.06. The standard InChI is InChI=1S/C18H13F10N3O/c1-8-6-9(15(19,17(23,24)25)18(26,27)28)7-10(16(20,21)22)13(8)31-14(32)11-4-3-5-12(29-2)30-11/h3-7H,1-2H3,(H,29,30)(H,31,32). The first-order valence-electron chi connectivity index (χ1n) is 8.44. The molecule has 14 heteroatoms. The van der Waals surface area contributed by atoms with Crippen molar-refractivity contribution in [2.75, 3.05) is 17.7 Å². The van der Waals surface area contributed by atoms with Crippen LogP contribution >= 0.6 is 0 Å². The van der Waals surface area contributed by atoms with Crippen LogP contribution in [0.15, 0.2) is 30.3 Å². The van der Waals surface area contributed by atoms with Crippen molar-refractivity contribution in [2.24, 2.45) is 0 Å². The smallest absolute Gasteiger partial charge is 0.373 e. The third-order valence-electron chi connectivity index (χ3n) is 4.30. The molecule has 176 valence electrons. The summed E-state index contributed by atoms with van der Waals surface area (Å²) in [6, 6.07) is 3.16. The van der Waals surface area contributed by atoms with Crippen LogP contribution in [0.25, 0.3) is 0 Å². The summed E-state index contributed by atoms with van der Waals surface area (Å²) in [4.78, 5) is 16.1. The Morgan fingerprint density at radius 3 is 1.94 bits per heavy atom. The van der Waals surface area contributed by atoms with Gasteiger partial charge in [0.2, 0.25) is 0 Å². The number of carbonyl (C=O) groups is 1. The lowest BCUT2D eigenvalue weighted by molar-refractivity contribution is -0.348. The van der Waals surface area contributed by atoms with Crippen molar-refractivity contribution in [3.63, 3.8) is 0 Å². The van der Waals surface area contributed by atoms with Gasteiger partial charge in [-0.05, 0) is 30.7 Å². The summed E-state index contributed by atoms with van der Waals surface area (Å²) in [6.07, 6.45) is -18.8. The monoisotopic (exact) mass is 477 g/mol. The predicted molar refractivity (Wildman–Crippen MR) is 92.8 cm³/mol. The van der Waals surface area contributed by atoms with Gasteiger partial charge in [-0.2, -0.15) is 39.5 Å². The summed E-state index contributed by atoms with van der Waals surface area (Å²) in [6.45, 7) is 0.693. The molecular formula is C18H13F10N3O. The van der Waals surface area contributed by atoms with Gasteiger partial charge in [0.25, 0.3) is 5.91 Å². The van der Waals surface area contributed by atoms with E-state index >= 15 is 0 Å². The summed E-state index contributed by atoms with van der Waals surface area (Å²) in [5.41, 5.74) is -12.9. The summed E-state index contributed by atoms with van der Waals surface area (Å²) in [5.74, 6) is -1.08. The van der Waals surface area contributed by atoms with Gasteiger partial charge in [-0.25, -0.2) is 9.37 Å². The van der Waals surface area contributed by atoms with Crippen LogP contribution in [0, 0.1) is 6.92 Å².